The number of hydrogen-bond donors (Lipinski definition) is 0. The Hall–Kier alpha value is 1.67. The Kier molecular flexibility index (Phi) is 16.3. The van der Waals surface area contributed by atoms with Crippen molar-refractivity contribution < 1.29 is 0 Å². The van der Waals surface area contributed by atoms with Crippen LogP contribution < -0.4 is 0 Å². The predicted molar refractivity (Wildman–Crippen MR) is 80.0 cm³/mol. The first-order valence-electron chi connectivity index (χ1n) is 6.36. The standard InChI is InChI=1S/3C4H8Cl.Sn/c3*1-2-3-4-5;/h3*1-4H2;. The molecule has 0 saturated carbocycles. The molecule has 0 atom stereocenters. The molecule has 4 heteroatoms. The van der Waals surface area contributed by atoms with E-state index < -0.39 is 19.8 Å². The Balaban J connectivity index is 3.58. The van der Waals surface area contributed by atoms with Crippen molar-refractivity contribution in [3.63, 3.8) is 0 Å². The zero-order chi connectivity index (χ0) is 12.1. The van der Waals surface area contributed by atoms with Crippen LogP contribution in [0.15, 0.2) is 0 Å². The van der Waals surface area contributed by atoms with Gasteiger partial charge in [-0.2, -0.15) is 0 Å². The van der Waals surface area contributed by atoms with Crippen LogP contribution in [-0.4, -0.2) is 37.4 Å². The monoisotopic (exact) mass is 393 g/mol. The van der Waals surface area contributed by atoms with Gasteiger partial charge in [-0.25, -0.2) is 0 Å². The van der Waals surface area contributed by atoms with Crippen LogP contribution in [0.3, 0.4) is 0 Å². The Morgan fingerprint density at radius 2 is 0.812 bits per heavy atom. The van der Waals surface area contributed by atoms with Gasteiger partial charge in [0.05, 0.1) is 0 Å². The molecular formula is C12H24Cl3Sn. The van der Waals surface area contributed by atoms with E-state index in [4.69, 9.17) is 34.8 Å². The molecule has 0 bridgehead atoms. The van der Waals surface area contributed by atoms with Gasteiger partial charge in [0.15, 0.2) is 0 Å². The summed E-state index contributed by atoms with van der Waals surface area (Å²) in [6.07, 6.45) is 7.70. The summed E-state index contributed by atoms with van der Waals surface area (Å²) in [7, 11) is 0. The third-order valence-corrected chi connectivity index (χ3v) is 12.6. The summed E-state index contributed by atoms with van der Waals surface area (Å²) in [6.45, 7) is 0. The summed E-state index contributed by atoms with van der Waals surface area (Å²) >= 11 is 16.1. The third-order valence-electron chi connectivity index (χ3n) is 2.74. The third kappa shape index (κ3) is 12.1. The fourth-order valence-electron chi connectivity index (χ4n) is 1.78. The van der Waals surface area contributed by atoms with Gasteiger partial charge in [0.2, 0.25) is 0 Å². The van der Waals surface area contributed by atoms with E-state index in [-0.39, 0.29) is 0 Å². The van der Waals surface area contributed by atoms with Crippen molar-refractivity contribution in [1.82, 2.24) is 0 Å². The fourth-order valence-corrected chi connectivity index (χ4v) is 10.9. The minimum absolute atomic E-state index is 0.833. The van der Waals surface area contributed by atoms with Gasteiger partial charge in [-0.1, -0.05) is 0 Å². The van der Waals surface area contributed by atoms with E-state index in [2.05, 4.69) is 0 Å². The molecule has 1 radical (unpaired) electrons. The van der Waals surface area contributed by atoms with Crippen molar-refractivity contribution in [3.05, 3.63) is 0 Å². The first kappa shape index (κ1) is 17.7. The topological polar surface area (TPSA) is 0 Å². The molecule has 0 aliphatic carbocycles. The molecule has 0 unspecified atom stereocenters. The molecule has 0 fully saturated rings. The molecule has 0 rings (SSSR count). The van der Waals surface area contributed by atoms with Crippen LogP contribution >= 0.6 is 34.8 Å². The molecular weight excluding hydrogens is 369 g/mol. The van der Waals surface area contributed by atoms with E-state index in [1.807, 2.05) is 0 Å². The second kappa shape index (κ2) is 14.7. The van der Waals surface area contributed by atoms with E-state index in [0.717, 1.165) is 17.6 Å². The van der Waals surface area contributed by atoms with Gasteiger partial charge in [-0.05, 0) is 0 Å². The van der Waals surface area contributed by atoms with Crippen molar-refractivity contribution in [2.45, 2.75) is 51.8 Å². The van der Waals surface area contributed by atoms with Crippen LogP contribution in [0.25, 0.3) is 0 Å². The molecule has 0 aliphatic heterocycles. The summed E-state index contributed by atoms with van der Waals surface area (Å²) in [5, 5.41) is 0. The van der Waals surface area contributed by atoms with Crippen LogP contribution in [0.1, 0.15) is 38.5 Å². The maximum absolute atomic E-state index is 5.73. The summed E-state index contributed by atoms with van der Waals surface area (Å²) in [5.41, 5.74) is 0. The molecule has 0 amide bonds. The number of rotatable bonds is 12. The van der Waals surface area contributed by atoms with Gasteiger partial charge >= 0.3 is 124 Å². The van der Waals surface area contributed by atoms with Crippen LogP contribution in [0, 0.1) is 0 Å². The van der Waals surface area contributed by atoms with Crippen LogP contribution in [0.5, 0.6) is 0 Å². The predicted octanol–water partition coefficient (Wildman–Crippen LogP) is 5.54. The van der Waals surface area contributed by atoms with E-state index in [1.54, 1.807) is 0 Å². The van der Waals surface area contributed by atoms with Gasteiger partial charge in [0, 0.05) is 0 Å². The summed E-state index contributed by atoms with van der Waals surface area (Å²) < 4.78 is 4.58. The average molecular weight is 393 g/mol. The first-order chi connectivity index (χ1) is 7.85. The van der Waals surface area contributed by atoms with E-state index in [9.17, 15) is 0 Å². The van der Waals surface area contributed by atoms with Crippen molar-refractivity contribution in [2.75, 3.05) is 17.6 Å². The average Bonchev–Trinajstić information content (AvgIpc) is 2.29. The van der Waals surface area contributed by atoms with Gasteiger partial charge in [0.25, 0.3) is 0 Å². The first-order valence-corrected chi connectivity index (χ1v) is 14.0. The Bertz CT molecular complexity index is 110. The van der Waals surface area contributed by atoms with E-state index in [0.29, 0.717) is 0 Å². The summed E-state index contributed by atoms with van der Waals surface area (Å²) in [5.74, 6) is 2.50. The molecule has 0 nitrogen and oxygen atoms in total. The van der Waals surface area contributed by atoms with Crippen LogP contribution in [0.4, 0.5) is 0 Å². The molecule has 0 aliphatic rings. The van der Waals surface area contributed by atoms with Crippen molar-refractivity contribution >= 4 is 54.6 Å². The minimum atomic E-state index is -1.08. The van der Waals surface area contributed by atoms with Crippen LogP contribution in [-0.2, 0) is 0 Å². The Labute approximate surface area is 123 Å². The number of hydrogen-bond acceptors (Lipinski definition) is 0. The van der Waals surface area contributed by atoms with Gasteiger partial charge in [0.1, 0.15) is 0 Å². The van der Waals surface area contributed by atoms with E-state index >= 15 is 0 Å². The second-order valence-electron chi connectivity index (χ2n) is 4.19. The number of halogens is 3. The quantitative estimate of drug-likeness (QED) is 0.232. The van der Waals surface area contributed by atoms with Crippen molar-refractivity contribution in [2.24, 2.45) is 0 Å². The maximum atomic E-state index is 5.73. The zero-order valence-electron chi connectivity index (χ0n) is 10.1. The molecule has 97 valence electrons. The van der Waals surface area contributed by atoms with Gasteiger partial charge < -0.3 is 0 Å². The van der Waals surface area contributed by atoms with Crippen LogP contribution in [0.2, 0.25) is 13.3 Å². The SMILES string of the molecule is ClCCC[CH2][Sn]([CH2]CCCCl)[CH2]CCCCl. The molecule has 0 aromatic carbocycles. The molecule has 0 N–H and O–H groups in total. The molecule has 0 heterocycles. The fraction of sp³-hybridized carbons (Fsp3) is 1.00. The molecule has 16 heavy (non-hydrogen) atoms. The summed E-state index contributed by atoms with van der Waals surface area (Å²) in [4.78, 5) is 0. The molecule has 0 saturated heterocycles. The molecule has 0 spiro atoms. The zero-order valence-corrected chi connectivity index (χ0v) is 15.2. The molecule has 0 aromatic heterocycles. The second-order valence-corrected chi connectivity index (χ2v) is 13.9. The van der Waals surface area contributed by atoms with Crippen molar-refractivity contribution in [3.8, 4) is 0 Å². The number of alkyl halides is 3. The van der Waals surface area contributed by atoms with Gasteiger partial charge in [-0.15, -0.1) is 0 Å². The van der Waals surface area contributed by atoms with Gasteiger partial charge in [-0.3, -0.25) is 0 Å². The number of unbranched alkanes of at least 4 members (excludes halogenated alkanes) is 3. The normalized spacial score (nSPS) is 11.2. The molecule has 0 aromatic rings. The summed E-state index contributed by atoms with van der Waals surface area (Å²) in [6, 6.07) is 0. The van der Waals surface area contributed by atoms with Crippen molar-refractivity contribution in [1.29, 1.82) is 0 Å². The Morgan fingerprint density at radius 1 is 0.500 bits per heavy atom. The Morgan fingerprint density at radius 3 is 1.06 bits per heavy atom. The van der Waals surface area contributed by atoms with E-state index in [1.165, 1.54) is 51.8 Å².